The van der Waals surface area contributed by atoms with Crippen molar-refractivity contribution in [2.24, 2.45) is 0 Å². The monoisotopic (exact) mass is 146 g/mol. The molecule has 1 N–H and O–H groups in total. The number of fused-ring (bicyclic) bond motifs is 1. The maximum Gasteiger partial charge on any atom is 0.104 e. The minimum Gasteiger partial charge on any atom is -0.342 e. The first-order valence-electron chi connectivity index (χ1n) is 3.76. The predicted octanol–water partition coefficient (Wildman–Crippen LogP) is 2.15. The van der Waals surface area contributed by atoms with Crippen LogP contribution in [0.25, 0.3) is 12.2 Å². The molecule has 0 aromatic carbocycles. The average Bonchev–Trinajstić information content (AvgIpc) is 2.17. The molecule has 0 radical (unpaired) electrons. The third kappa shape index (κ3) is 1.11. The van der Waals surface area contributed by atoms with Crippen LogP contribution in [-0.2, 0) is 0 Å². The molecule has 0 spiro atoms. The molecule has 0 amide bonds. The van der Waals surface area contributed by atoms with Crippen molar-refractivity contribution in [3.05, 3.63) is 29.4 Å². The first kappa shape index (κ1) is 6.40. The number of aryl methyl sites for hydroxylation is 1. The number of nitrogens with zero attached hydrogens (tertiary/aromatic N) is 1. The maximum absolute atomic E-state index is 4.32. The van der Waals surface area contributed by atoms with Gasteiger partial charge < -0.3 is 4.98 Å². The molecule has 0 bridgehead atoms. The minimum atomic E-state index is 0.978. The third-order valence-electron chi connectivity index (χ3n) is 1.71. The van der Waals surface area contributed by atoms with E-state index in [0.717, 1.165) is 23.6 Å². The lowest BCUT2D eigenvalue weighted by atomic mass is 10.3. The van der Waals surface area contributed by atoms with Gasteiger partial charge in [-0.3, -0.25) is 0 Å². The van der Waals surface area contributed by atoms with Gasteiger partial charge in [-0.1, -0.05) is 12.2 Å². The molecule has 0 atom stereocenters. The van der Waals surface area contributed by atoms with Crippen LogP contribution in [-0.4, -0.2) is 9.97 Å². The fraction of sp³-hybridized carbons (Fsp3) is 0.222. The summed E-state index contributed by atoms with van der Waals surface area (Å²) < 4.78 is 0. The normalized spacial score (nSPS) is 14.6. The lowest BCUT2D eigenvalue weighted by Gasteiger charge is -1.84. The number of allylic oxidation sites excluding steroid dienone is 2. The average molecular weight is 146 g/mol. The van der Waals surface area contributed by atoms with Gasteiger partial charge in [0, 0.05) is 0 Å². The van der Waals surface area contributed by atoms with Crippen LogP contribution in [0, 0.1) is 6.92 Å². The van der Waals surface area contributed by atoms with Crippen molar-refractivity contribution < 1.29 is 0 Å². The molecule has 0 aliphatic heterocycles. The van der Waals surface area contributed by atoms with Crippen LogP contribution in [0.15, 0.2) is 12.2 Å². The van der Waals surface area contributed by atoms with E-state index in [1.54, 1.807) is 0 Å². The number of aromatic nitrogens is 2. The summed E-state index contributed by atoms with van der Waals surface area (Å²) in [5.74, 6) is 0.978. The molecule has 2 rings (SSSR count). The van der Waals surface area contributed by atoms with Crippen molar-refractivity contribution in [2.75, 3.05) is 0 Å². The lowest BCUT2D eigenvalue weighted by molar-refractivity contribution is 1.14. The SMILES string of the molecule is Cc1nc2c([nH]1)C=CCC=C2. The Bertz CT molecular complexity index is 289. The first-order chi connectivity index (χ1) is 5.36. The van der Waals surface area contributed by atoms with Crippen LogP contribution in [0.2, 0.25) is 0 Å². The zero-order chi connectivity index (χ0) is 7.68. The van der Waals surface area contributed by atoms with Crippen molar-refractivity contribution in [1.82, 2.24) is 9.97 Å². The Kier molecular flexibility index (Phi) is 1.39. The second-order valence-electron chi connectivity index (χ2n) is 2.66. The molecule has 1 aromatic rings. The number of H-pyrrole nitrogens is 1. The van der Waals surface area contributed by atoms with Gasteiger partial charge in [-0.2, -0.15) is 0 Å². The van der Waals surface area contributed by atoms with Gasteiger partial charge in [0.2, 0.25) is 0 Å². The smallest absolute Gasteiger partial charge is 0.104 e. The molecule has 1 aliphatic carbocycles. The van der Waals surface area contributed by atoms with Crippen LogP contribution in [0.1, 0.15) is 23.6 Å². The summed E-state index contributed by atoms with van der Waals surface area (Å²) in [5.41, 5.74) is 2.17. The molecule has 56 valence electrons. The second kappa shape index (κ2) is 2.38. The van der Waals surface area contributed by atoms with Gasteiger partial charge in [0.25, 0.3) is 0 Å². The van der Waals surface area contributed by atoms with E-state index in [0.29, 0.717) is 0 Å². The summed E-state index contributed by atoms with van der Waals surface area (Å²) in [6.07, 6.45) is 9.37. The number of aromatic amines is 1. The quantitative estimate of drug-likeness (QED) is 0.597. The highest BCUT2D eigenvalue weighted by Gasteiger charge is 2.02. The van der Waals surface area contributed by atoms with Gasteiger partial charge in [-0.25, -0.2) is 4.98 Å². The van der Waals surface area contributed by atoms with E-state index in [4.69, 9.17) is 0 Å². The fourth-order valence-corrected chi connectivity index (χ4v) is 1.23. The van der Waals surface area contributed by atoms with E-state index < -0.39 is 0 Å². The van der Waals surface area contributed by atoms with E-state index in [2.05, 4.69) is 34.3 Å². The Labute approximate surface area is 65.7 Å². The molecular formula is C9H10N2. The molecule has 2 nitrogen and oxygen atoms in total. The van der Waals surface area contributed by atoms with E-state index in [9.17, 15) is 0 Å². The highest BCUT2D eigenvalue weighted by atomic mass is 14.9. The molecule has 1 heterocycles. The number of hydrogen-bond acceptors (Lipinski definition) is 1. The molecule has 1 aliphatic rings. The molecule has 0 unspecified atom stereocenters. The third-order valence-corrected chi connectivity index (χ3v) is 1.71. The van der Waals surface area contributed by atoms with E-state index in [1.807, 2.05) is 6.92 Å². The van der Waals surface area contributed by atoms with Crippen molar-refractivity contribution >= 4 is 12.2 Å². The summed E-state index contributed by atoms with van der Waals surface area (Å²) in [7, 11) is 0. The standard InChI is InChI=1S/C9H10N2/c1-7-10-8-5-3-2-4-6-9(8)11-7/h3-6H,2H2,1H3,(H,10,11). The van der Waals surface area contributed by atoms with Crippen molar-refractivity contribution in [1.29, 1.82) is 0 Å². The Morgan fingerprint density at radius 3 is 3.09 bits per heavy atom. The number of rotatable bonds is 0. The van der Waals surface area contributed by atoms with E-state index >= 15 is 0 Å². The maximum atomic E-state index is 4.32. The number of imidazole rings is 1. The van der Waals surface area contributed by atoms with Crippen LogP contribution in [0.4, 0.5) is 0 Å². The summed E-state index contributed by atoms with van der Waals surface area (Å²) >= 11 is 0. The molecular weight excluding hydrogens is 136 g/mol. The highest BCUT2D eigenvalue weighted by molar-refractivity contribution is 5.62. The van der Waals surface area contributed by atoms with Crippen LogP contribution >= 0.6 is 0 Å². The largest absolute Gasteiger partial charge is 0.342 e. The zero-order valence-corrected chi connectivity index (χ0v) is 6.46. The van der Waals surface area contributed by atoms with Gasteiger partial charge in [0.05, 0.1) is 11.4 Å². The van der Waals surface area contributed by atoms with Gasteiger partial charge in [0.15, 0.2) is 0 Å². The van der Waals surface area contributed by atoms with Crippen molar-refractivity contribution in [3.63, 3.8) is 0 Å². The number of hydrogen-bond donors (Lipinski definition) is 1. The predicted molar refractivity (Wildman–Crippen MR) is 46.0 cm³/mol. The van der Waals surface area contributed by atoms with Crippen LogP contribution < -0.4 is 0 Å². The Balaban J connectivity index is 2.56. The summed E-state index contributed by atoms with van der Waals surface area (Å²) in [4.78, 5) is 7.50. The fourth-order valence-electron chi connectivity index (χ4n) is 1.23. The van der Waals surface area contributed by atoms with Gasteiger partial charge >= 0.3 is 0 Å². The Hall–Kier alpha value is -1.31. The van der Waals surface area contributed by atoms with E-state index in [1.165, 1.54) is 0 Å². The topological polar surface area (TPSA) is 28.7 Å². The van der Waals surface area contributed by atoms with Crippen molar-refractivity contribution in [3.8, 4) is 0 Å². The molecule has 1 aromatic heterocycles. The molecule has 0 saturated carbocycles. The highest BCUT2D eigenvalue weighted by Crippen LogP contribution is 2.13. The molecule has 0 saturated heterocycles. The molecule has 2 heteroatoms. The van der Waals surface area contributed by atoms with Crippen LogP contribution in [0.5, 0.6) is 0 Å². The van der Waals surface area contributed by atoms with Gasteiger partial charge in [-0.05, 0) is 25.5 Å². The van der Waals surface area contributed by atoms with Gasteiger partial charge in [0.1, 0.15) is 5.82 Å². The minimum absolute atomic E-state index is 0.978. The second-order valence-corrected chi connectivity index (χ2v) is 2.66. The Morgan fingerprint density at radius 1 is 1.36 bits per heavy atom. The summed E-state index contributed by atoms with van der Waals surface area (Å²) in [6.45, 7) is 1.97. The molecule has 0 fully saturated rings. The summed E-state index contributed by atoms with van der Waals surface area (Å²) in [6, 6.07) is 0. The summed E-state index contributed by atoms with van der Waals surface area (Å²) in [5, 5.41) is 0. The Morgan fingerprint density at radius 2 is 2.18 bits per heavy atom. The van der Waals surface area contributed by atoms with E-state index in [-0.39, 0.29) is 0 Å². The molecule has 11 heavy (non-hydrogen) atoms. The van der Waals surface area contributed by atoms with Crippen molar-refractivity contribution in [2.45, 2.75) is 13.3 Å². The first-order valence-corrected chi connectivity index (χ1v) is 3.76. The van der Waals surface area contributed by atoms with Crippen LogP contribution in [0.3, 0.4) is 0 Å². The van der Waals surface area contributed by atoms with Gasteiger partial charge in [-0.15, -0.1) is 0 Å². The number of nitrogens with one attached hydrogen (secondary N) is 1. The lowest BCUT2D eigenvalue weighted by Crippen LogP contribution is -1.73. The zero-order valence-electron chi connectivity index (χ0n) is 6.46.